The molecule has 0 heterocycles. The van der Waals surface area contributed by atoms with Crippen molar-refractivity contribution < 1.29 is 4.74 Å². The first kappa shape index (κ1) is 17.2. The van der Waals surface area contributed by atoms with E-state index in [4.69, 9.17) is 10.5 Å². The summed E-state index contributed by atoms with van der Waals surface area (Å²) < 4.78 is 5.18. The van der Waals surface area contributed by atoms with E-state index in [2.05, 4.69) is 56.4 Å². The zero-order chi connectivity index (χ0) is 16.9. The van der Waals surface area contributed by atoms with Crippen molar-refractivity contribution in [3.8, 4) is 5.75 Å². The van der Waals surface area contributed by atoms with Crippen LogP contribution >= 0.6 is 0 Å². The van der Waals surface area contributed by atoms with E-state index in [0.29, 0.717) is 5.69 Å². The van der Waals surface area contributed by atoms with Crippen molar-refractivity contribution in [1.29, 1.82) is 0 Å². The Morgan fingerprint density at radius 3 is 2.30 bits per heavy atom. The number of hydrogen-bond acceptors (Lipinski definition) is 3. The molecule has 2 rings (SSSR count). The SMILES string of the molecule is COc1ccc(CCCNc2ccc(C(C)(C)C)cc2)cc1N. The first-order valence-corrected chi connectivity index (χ1v) is 8.17. The molecule has 2 aromatic rings. The van der Waals surface area contributed by atoms with Crippen molar-refractivity contribution in [3.63, 3.8) is 0 Å². The summed E-state index contributed by atoms with van der Waals surface area (Å²) in [4.78, 5) is 0. The van der Waals surface area contributed by atoms with Gasteiger partial charge >= 0.3 is 0 Å². The normalized spacial score (nSPS) is 11.3. The molecule has 3 heteroatoms. The summed E-state index contributed by atoms with van der Waals surface area (Å²) >= 11 is 0. The van der Waals surface area contributed by atoms with Gasteiger partial charge in [0.1, 0.15) is 5.75 Å². The van der Waals surface area contributed by atoms with Crippen molar-refractivity contribution in [3.05, 3.63) is 53.6 Å². The number of nitrogens with one attached hydrogen (secondary N) is 1. The third-order valence-corrected chi connectivity index (χ3v) is 4.02. The van der Waals surface area contributed by atoms with Gasteiger partial charge in [0.15, 0.2) is 0 Å². The zero-order valence-electron chi connectivity index (χ0n) is 14.6. The third-order valence-electron chi connectivity index (χ3n) is 4.02. The molecule has 2 aromatic carbocycles. The fourth-order valence-corrected chi connectivity index (χ4v) is 2.55. The van der Waals surface area contributed by atoms with Crippen LogP contribution < -0.4 is 15.8 Å². The van der Waals surface area contributed by atoms with Crippen LogP contribution in [0.15, 0.2) is 42.5 Å². The number of nitrogen functional groups attached to an aromatic ring is 1. The number of nitrogens with two attached hydrogens (primary N) is 1. The second-order valence-electron chi connectivity index (χ2n) is 6.93. The van der Waals surface area contributed by atoms with E-state index < -0.39 is 0 Å². The quantitative estimate of drug-likeness (QED) is 0.604. The second-order valence-corrected chi connectivity index (χ2v) is 6.93. The number of methoxy groups -OCH3 is 1. The molecule has 0 unspecified atom stereocenters. The van der Waals surface area contributed by atoms with Crippen molar-refractivity contribution >= 4 is 11.4 Å². The number of anilines is 2. The molecule has 0 aliphatic carbocycles. The first-order chi connectivity index (χ1) is 10.9. The summed E-state index contributed by atoms with van der Waals surface area (Å²) in [6.07, 6.45) is 2.06. The average Bonchev–Trinajstić information content (AvgIpc) is 2.51. The molecule has 0 saturated carbocycles. The highest BCUT2D eigenvalue weighted by Crippen LogP contribution is 2.24. The van der Waals surface area contributed by atoms with Crippen LogP contribution in [0.25, 0.3) is 0 Å². The van der Waals surface area contributed by atoms with Crippen LogP contribution in [0, 0.1) is 0 Å². The minimum absolute atomic E-state index is 0.201. The second kappa shape index (κ2) is 7.40. The first-order valence-electron chi connectivity index (χ1n) is 8.17. The van der Waals surface area contributed by atoms with Crippen LogP contribution in [0.2, 0.25) is 0 Å². The van der Waals surface area contributed by atoms with Crippen molar-refractivity contribution in [2.45, 2.75) is 39.0 Å². The lowest BCUT2D eigenvalue weighted by molar-refractivity contribution is 0.417. The lowest BCUT2D eigenvalue weighted by Crippen LogP contribution is -2.11. The van der Waals surface area contributed by atoms with Gasteiger partial charge < -0.3 is 15.8 Å². The summed E-state index contributed by atoms with van der Waals surface area (Å²) in [5.41, 5.74) is 10.6. The Morgan fingerprint density at radius 1 is 1.04 bits per heavy atom. The summed E-state index contributed by atoms with van der Waals surface area (Å²) in [6, 6.07) is 14.7. The maximum absolute atomic E-state index is 5.94. The molecule has 3 N–H and O–H groups in total. The smallest absolute Gasteiger partial charge is 0.141 e. The molecule has 0 bridgehead atoms. The number of benzene rings is 2. The molecule has 0 aliphatic heterocycles. The van der Waals surface area contributed by atoms with Crippen molar-refractivity contribution in [2.24, 2.45) is 0 Å². The van der Waals surface area contributed by atoms with E-state index in [1.807, 2.05) is 12.1 Å². The minimum Gasteiger partial charge on any atom is -0.495 e. The molecular weight excluding hydrogens is 284 g/mol. The summed E-state index contributed by atoms with van der Waals surface area (Å²) in [5, 5.41) is 3.47. The molecule has 0 saturated heterocycles. The van der Waals surface area contributed by atoms with Gasteiger partial charge in [-0.1, -0.05) is 39.0 Å². The summed E-state index contributed by atoms with van der Waals surface area (Å²) in [6.45, 7) is 7.64. The highest BCUT2D eigenvalue weighted by atomic mass is 16.5. The Labute approximate surface area is 139 Å². The molecular formula is C20H28N2O. The van der Waals surface area contributed by atoms with Crippen LogP contribution in [0.3, 0.4) is 0 Å². The van der Waals surface area contributed by atoms with Gasteiger partial charge in [0, 0.05) is 12.2 Å². The van der Waals surface area contributed by atoms with E-state index in [1.54, 1.807) is 7.11 Å². The maximum Gasteiger partial charge on any atom is 0.141 e. The van der Waals surface area contributed by atoms with Crippen molar-refractivity contribution in [1.82, 2.24) is 0 Å². The fourth-order valence-electron chi connectivity index (χ4n) is 2.55. The van der Waals surface area contributed by atoms with Gasteiger partial charge in [-0.25, -0.2) is 0 Å². The molecule has 0 spiro atoms. The Balaban J connectivity index is 1.80. The molecule has 3 nitrogen and oxygen atoms in total. The topological polar surface area (TPSA) is 47.3 Å². The van der Waals surface area contributed by atoms with E-state index >= 15 is 0 Å². The van der Waals surface area contributed by atoms with Crippen LogP contribution in [0.5, 0.6) is 5.75 Å². The molecule has 0 atom stereocenters. The van der Waals surface area contributed by atoms with Crippen LogP contribution in [-0.4, -0.2) is 13.7 Å². The predicted octanol–water partition coefficient (Wildman–Crippen LogP) is 4.62. The monoisotopic (exact) mass is 312 g/mol. The largest absolute Gasteiger partial charge is 0.495 e. The lowest BCUT2D eigenvalue weighted by Gasteiger charge is -2.19. The Hall–Kier alpha value is -2.16. The lowest BCUT2D eigenvalue weighted by atomic mass is 9.87. The molecule has 23 heavy (non-hydrogen) atoms. The van der Waals surface area contributed by atoms with Crippen molar-refractivity contribution in [2.75, 3.05) is 24.7 Å². The molecule has 0 aliphatic rings. The fraction of sp³-hybridized carbons (Fsp3) is 0.400. The van der Waals surface area contributed by atoms with E-state index in [0.717, 1.165) is 25.1 Å². The number of hydrogen-bond donors (Lipinski definition) is 2. The molecule has 124 valence electrons. The number of aryl methyl sites for hydroxylation is 1. The maximum atomic E-state index is 5.94. The standard InChI is InChI=1S/C20H28N2O/c1-20(2,3)16-8-10-17(11-9-16)22-13-5-6-15-7-12-19(23-4)18(21)14-15/h7-12,14,22H,5-6,13,21H2,1-4H3. The predicted molar refractivity (Wildman–Crippen MR) is 99.4 cm³/mol. The molecule has 0 aromatic heterocycles. The molecule has 0 fully saturated rings. The van der Waals surface area contributed by atoms with Crippen LogP contribution in [0.1, 0.15) is 38.3 Å². The number of rotatable bonds is 6. The Bertz CT molecular complexity index is 627. The van der Waals surface area contributed by atoms with Gasteiger partial charge in [-0.2, -0.15) is 0 Å². The average molecular weight is 312 g/mol. The molecule has 0 radical (unpaired) electrons. The molecule has 0 amide bonds. The van der Waals surface area contributed by atoms with Gasteiger partial charge in [0.25, 0.3) is 0 Å². The summed E-state index contributed by atoms with van der Waals surface area (Å²) in [7, 11) is 1.64. The Kier molecular flexibility index (Phi) is 5.54. The Morgan fingerprint density at radius 2 is 1.74 bits per heavy atom. The summed E-state index contributed by atoms with van der Waals surface area (Å²) in [5.74, 6) is 0.741. The minimum atomic E-state index is 0.201. The van der Waals surface area contributed by atoms with E-state index in [1.165, 1.54) is 16.8 Å². The van der Waals surface area contributed by atoms with E-state index in [9.17, 15) is 0 Å². The third kappa shape index (κ3) is 4.92. The van der Waals surface area contributed by atoms with Gasteiger partial charge in [-0.05, 0) is 53.6 Å². The van der Waals surface area contributed by atoms with Gasteiger partial charge in [-0.15, -0.1) is 0 Å². The highest BCUT2D eigenvalue weighted by Gasteiger charge is 2.12. The van der Waals surface area contributed by atoms with E-state index in [-0.39, 0.29) is 5.41 Å². The highest BCUT2D eigenvalue weighted by molar-refractivity contribution is 5.54. The van der Waals surface area contributed by atoms with Crippen LogP contribution in [0.4, 0.5) is 11.4 Å². The van der Waals surface area contributed by atoms with Gasteiger partial charge in [0.2, 0.25) is 0 Å². The van der Waals surface area contributed by atoms with Gasteiger partial charge in [0.05, 0.1) is 12.8 Å². The van der Waals surface area contributed by atoms with Crippen LogP contribution in [-0.2, 0) is 11.8 Å². The van der Waals surface area contributed by atoms with Gasteiger partial charge in [-0.3, -0.25) is 0 Å². The number of ether oxygens (including phenoxy) is 1. The zero-order valence-corrected chi connectivity index (χ0v) is 14.6.